The van der Waals surface area contributed by atoms with Gasteiger partial charge in [-0.3, -0.25) is 14.3 Å². The highest BCUT2D eigenvalue weighted by molar-refractivity contribution is 5.07. The molecule has 0 saturated carbocycles. The van der Waals surface area contributed by atoms with Crippen LogP contribution in [0.4, 0.5) is 0 Å². The molecular weight excluding hydrogens is 256 g/mol. The largest absolute Gasteiger partial charge is 0.394 e. The third-order valence-corrected chi connectivity index (χ3v) is 3.72. The van der Waals surface area contributed by atoms with E-state index < -0.39 is 35.3 Å². The van der Waals surface area contributed by atoms with Gasteiger partial charge in [-0.15, -0.1) is 0 Å². The van der Waals surface area contributed by atoms with Crippen LogP contribution in [-0.2, 0) is 9.47 Å². The number of hydrogen-bond donors (Lipinski definition) is 3. The molecule has 3 N–H and O–H groups in total. The molecule has 104 valence electrons. The molecule has 0 aliphatic carbocycles. The normalized spacial score (nSPS) is 37.5. The molecule has 19 heavy (non-hydrogen) atoms. The first-order chi connectivity index (χ1) is 9.08. The Hall–Kier alpha value is -1.48. The monoisotopic (exact) mass is 270 g/mol. The molecule has 2 saturated heterocycles. The minimum Gasteiger partial charge on any atom is -0.394 e. The fourth-order valence-corrected chi connectivity index (χ4v) is 2.64. The maximum absolute atomic E-state index is 11.8. The predicted molar refractivity (Wildman–Crippen MR) is 61.6 cm³/mol. The second-order valence-corrected chi connectivity index (χ2v) is 4.73. The Balaban J connectivity index is 2.04. The van der Waals surface area contributed by atoms with Crippen LogP contribution in [0.3, 0.4) is 0 Å². The van der Waals surface area contributed by atoms with E-state index in [0.717, 1.165) is 0 Å². The molecule has 1 unspecified atom stereocenters. The zero-order valence-corrected chi connectivity index (χ0v) is 9.98. The molecule has 2 aliphatic heterocycles. The molecule has 1 aromatic rings. The van der Waals surface area contributed by atoms with E-state index in [-0.39, 0.29) is 6.61 Å². The van der Waals surface area contributed by atoms with Gasteiger partial charge in [0.1, 0.15) is 17.8 Å². The molecule has 3 rings (SSSR count). The van der Waals surface area contributed by atoms with Crippen LogP contribution >= 0.6 is 0 Å². The van der Waals surface area contributed by atoms with Gasteiger partial charge in [-0.05, 0) is 0 Å². The molecular formula is C11H14N2O6. The van der Waals surface area contributed by atoms with Gasteiger partial charge in [0.15, 0.2) is 6.23 Å². The number of nitrogens with one attached hydrogen (secondary N) is 1. The first-order valence-corrected chi connectivity index (χ1v) is 5.98. The quantitative estimate of drug-likeness (QED) is 0.570. The molecule has 0 bridgehead atoms. The van der Waals surface area contributed by atoms with Gasteiger partial charge >= 0.3 is 5.69 Å². The number of H-pyrrole nitrogens is 1. The van der Waals surface area contributed by atoms with Gasteiger partial charge in [-0.25, -0.2) is 4.79 Å². The number of nitrogens with zero attached hydrogens (tertiary/aromatic N) is 1. The van der Waals surface area contributed by atoms with E-state index in [9.17, 15) is 19.8 Å². The van der Waals surface area contributed by atoms with Gasteiger partial charge in [0.2, 0.25) is 0 Å². The zero-order valence-electron chi connectivity index (χ0n) is 9.98. The van der Waals surface area contributed by atoms with Crippen LogP contribution in [-0.4, -0.2) is 50.8 Å². The summed E-state index contributed by atoms with van der Waals surface area (Å²) in [6, 6.07) is 1.19. The minimum atomic E-state index is -1.03. The molecule has 1 aromatic heterocycles. The van der Waals surface area contributed by atoms with Gasteiger partial charge in [0.05, 0.1) is 13.2 Å². The van der Waals surface area contributed by atoms with Crippen molar-refractivity contribution in [2.45, 2.75) is 30.5 Å². The van der Waals surface area contributed by atoms with Crippen molar-refractivity contribution < 1.29 is 19.7 Å². The zero-order chi connectivity index (χ0) is 13.6. The maximum atomic E-state index is 11.8. The van der Waals surface area contributed by atoms with E-state index in [1.165, 1.54) is 16.8 Å². The highest BCUT2D eigenvalue weighted by atomic mass is 16.6. The Bertz CT molecular complexity index is 589. The Morgan fingerprint density at radius 3 is 2.79 bits per heavy atom. The van der Waals surface area contributed by atoms with E-state index in [2.05, 4.69) is 4.98 Å². The topological polar surface area (TPSA) is 114 Å². The number of hydrogen-bond acceptors (Lipinski definition) is 6. The standard InChI is InChI=1S/C11H14N2O6/c14-5-6-8(16)11(2-4-18-11)9(19-6)13-3-1-7(15)12-10(13)17/h1,3,6,8-9,14,16H,2,4-5H2,(H,12,15,17)/t6-,8-,9?,11-/m1/s1. The molecule has 4 atom stereocenters. The van der Waals surface area contributed by atoms with Crippen molar-refractivity contribution in [1.82, 2.24) is 9.55 Å². The lowest BCUT2D eigenvalue weighted by molar-refractivity contribution is -0.227. The lowest BCUT2D eigenvalue weighted by Crippen LogP contribution is -2.57. The summed E-state index contributed by atoms with van der Waals surface area (Å²) in [5.41, 5.74) is -2.18. The number of aliphatic hydroxyl groups is 2. The Kier molecular flexibility index (Phi) is 2.82. The summed E-state index contributed by atoms with van der Waals surface area (Å²) in [5.74, 6) is 0. The minimum absolute atomic E-state index is 0.374. The van der Waals surface area contributed by atoms with Crippen LogP contribution < -0.4 is 11.2 Å². The van der Waals surface area contributed by atoms with Crippen molar-refractivity contribution >= 4 is 0 Å². The number of rotatable bonds is 2. The van der Waals surface area contributed by atoms with Crippen LogP contribution in [0.5, 0.6) is 0 Å². The number of ether oxygens (including phenoxy) is 2. The Morgan fingerprint density at radius 2 is 2.26 bits per heavy atom. The number of aromatic nitrogens is 2. The van der Waals surface area contributed by atoms with Crippen molar-refractivity contribution in [3.8, 4) is 0 Å². The summed E-state index contributed by atoms with van der Waals surface area (Å²) in [7, 11) is 0. The first-order valence-electron chi connectivity index (χ1n) is 5.98. The molecule has 0 amide bonds. The molecule has 1 spiro atoms. The van der Waals surface area contributed by atoms with E-state index in [1.54, 1.807) is 0 Å². The van der Waals surface area contributed by atoms with Gasteiger partial charge < -0.3 is 19.7 Å². The van der Waals surface area contributed by atoms with Crippen molar-refractivity contribution in [2.75, 3.05) is 13.2 Å². The summed E-state index contributed by atoms with van der Waals surface area (Å²) in [4.78, 5) is 25.0. The number of aliphatic hydroxyl groups excluding tert-OH is 2. The van der Waals surface area contributed by atoms with Crippen LogP contribution in [0, 0.1) is 0 Å². The van der Waals surface area contributed by atoms with Crippen LogP contribution in [0.2, 0.25) is 0 Å². The summed E-state index contributed by atoms with van der Waals surface area (Å²) in [6.45, 7) is 0.0774. The van der Waals surface area contributed by atoms with Crippen molar-refractivity contribution in [1.29, 1.82) is 0 Å². The fourth-order valence-electron chi connectivity index (χ4n) is 2.64. The number of aromatic amines is 1. The average Bonchev–Trinajstić information content (AvgIpc) is 2.62. The Morgan fingerprint density at radius 1 is 1.53 bits per heavy atom. The van der Waals surface area contributed by atoms with Crippen LogP contribution in [0.25, 0.3) is 0 Å². The lowest BCUT2D eigenvalue weighted by Gasteiger charge is -2.44. The van der Waals surface area contributed by atoms with Gasteiger partial charge in [-0.2, -0.15) is 0 Å². The molecule has 3 heterocycles. The van der Waals surface area contributed by atoms with E-state index in [1.807, 2.05) is 0 Å². The van der Waals surface area contributed by atoms with Gasteiger partial charge in [0.25, 0.3) is 5.56 Å². The summed E-state index contributed by atoms with van der Waals surface area (Å²) in [6.07, 6.45) is -0.889. The first kappa shape index (κ1) is 12.5. The summed E-state index contributed by atoms with van der Waals surface area (Å²) in [5, 5.41) is 19.3. The molecule has 2 fully saturated rings. The van der Waals surface area contributed by atoms with E-state index in [4.69, 9.17) is 9.47 Å². The second kappa shape index (κ2) is 4.27. The van der Waals surface area contributed by atoms with Gasteiger partial charge in [0, 0.05) is 18.7 Å². The summed E-state index contributed by atoms with van der Waals surface area (Å²) >= 11 is 0. The fraction of sp³-hybridized carbons (Fsp3) is 0.636. The highest BCUT2D eigenvalue weighted by Crippen LogP contribution is 2.47. The predicted octanol–water partition coefficient (Wildman–Crippen LogP) is -2.05. The second-order valence-electron chi connectivity index (χ2n) is 4.73. The van der Waals surface area contributed by atoms with Crippen LogP contribution in [0.1, 0.15) is 12.6 Å². The maximum Gasteiger partial charge on any atom is 0.330 e. The van der Waals surface area contributed by atoms with Crippen molar-refractivity contribution in [2.24, 2.45) is 0 Å². The smallest absolute Gasteiger partial charge is 0.330 e. The van der Waals surface area contributed by atoms with E-state index in [0.29, 0.717) is 13.0 Å². The van der Waals surface area contributed by atoms with Crippen molar-refractivity contribution in [3.63, 3.8) is 0 Å². The molecule has 8 nitrogen and oxygen atoms in total. The SMILES string of the molecule is O=c1ccn(C2O[C@H](CO)[C@@H](O)[C@]23CCO3)c(=O)[nH]1. The molecule has 2 aliphatic rings. The molecule has 0 aromatic carbocycles. The molecule has 8 heteroatoms. The summed E-state index contributed by atoms with van der Waals surface area (Å²) < 4.78 is 12.1. The lowest BCUT2D eigenvalue weighted by atomic mass is 9.86. The Labute approximate surface area is 107 Å². The third-order valence-electron chi connectivity index (χ3n) is 3.72. The highest BCUT2D eigenvalue weighted by Gasteiger charge is 2.61. The van der Waals surface area contributed by atoms with Crippen molar-refractivity contribution in [3.05, 3.63) is 33.1 Å². The molecule has 0 radical (unpaired) electrons. The van der Waals surface area contributed by atoms with E-state index >= 15 is 0 Å². The van der Waals surface area contributed by atoms with Crippen LogP contribution in [0.15, 0.2) is 21.9 Å². The average molecular weight is 270 g/mol. The third kappa shape index (κ3) is 1.68. The van der Waals surface area contributed by atoms with Gasteiger partial charge in [-0.1, -0.05) is 0 Å².